The Hall–Kier alpha value is -1.02. The van der Waals surface area contributed by atoms with E-state index in [1.807, 2.05) is 0 Å². The number of benzene rings is 1. The summed E-state index contributed by atoms with van der Waals surface area (Å²) in [5, 5.41) is 0. The van der Waals surface area contributed by atoms with E-state index >= 15 is 0 Å². The fraction of sp³-hybridized carbons (Fsp3) is 0.538. The molecule has 0 aliphatic carbocycles. The Bertz CT molecular complexity index is 367. The van der Waals surface area contributed by atoms with Gasteiger partial charge in [0, 0.05) is 11.0 Å². The van der Waals surface area contributed by atoms with Gasteiger partial charge in [0.2, 0.25) is 0 Å². The van der Waals surface area contributed by atoms with E-state index in [-0.39, 0.29) is 0 Å². The summed E-state index contributed by atoms with van der Waals surface area (Å²) in [5.41, 5.74) is 1.77. The lowest BCUT2D eigenvalue weighted by Gasteiger charge is -2.36. The van der Waals surface area contributed by atoms with Crippen LogP contribution in [0.4, 0.5) is 0 Å². The zero-order chi connectivity index (χ0) is 10.3. The lowest BCUT2D eigenvalue weighted by molar-refractivity contribution is 0.155. The van der Waals surface area contributed by atoms with Crippen LogP contribution in [0.15, 0.2) is 24.3 Å². The summed E-state index contributed by atoms with van der Waals surface area (Å²) in [7, 11) is 2.20. The van der Waals surface area contributed by atoms with E-state index in [1.165, 1.54) is 31.5 Å². The molecule has 2 aliphatic heterocycles. The van der Waals surface area contributed by atoms with Crippen molar-refractivity contribution in [3.05, 3.63) is 29.8 Å². The lowest BCUT2D eigenvalue weighted by atomic mass is 9.74. The second-order valence-electron chi connectivity index (χ2n) is 4.87. The summed E-state index contributed by atoms with van der Waals surface area (Å²) < 4.78 is 5.81. The molecule has 2 heterocycles. The Morgan fingerprint density at radius 1 is 1.20 bits per heavy atom. The van der Waals surface area contributed by atoms with Crippen LogP contribution in [0.5, 0.6) is 5.75 Å². The first-order valence-electron chi connectivity index (χ1n) is 5.71. The SMILES string of the molecule is CN1CCC2(CC1)COc1ccccc12. The van der Waals surface area contributed by atoms with Gasteiger partial charge in [-0.25, -0.2) is 0 Å². The zero-order valence-corrected chi connectivity index (χ0v) is 9.20. The van der Waals surface area contributed by atoms with Crippen molar-refractivity contribution in [1.29, 1.82) is 0 Å². The van der Waals surface area contributed by atoms with Crippen LogP contribution in [0.3, 0.4) is 0 Å². The second kappa shape index (κ2) is 3.24. The fourth-order valence-corrected chi connectivity index (χ4v) is 2.78. The van der Waals surface area contributed by atoms with E-state index in [1.54, 1.807) is 0 Å². The van der Waals surface area contributed by atoms with Gasteiger partial charge in [0.25, 0.3) is 0 Å². The van der Waals surface area contributed by atoms with Crippen LogP contribution in [0.1, 0.15) is 18.4 Å². The van der Waals surface area contributed by atoms with Gasteiger partial charge in [-0.2, -0.15) is 0 Å². The molecule has 3 rings (SSSR count). The monoisotopic (exact) mass is 203 g/mol. The Labute approximate surface area is 90.8 Å². The highest BCUT2D eigenvalue weighted by atomic mass is 16.5. The molecule has 0 radical (unpaired) electrons. The van der Waals surface area contributed by atoms with Gasteiger partial charge in [0.05, 0.1) is 6.61 Å². The number of hydrogen-bond donors (Lipinski definition) is 0. The quantitative estimate of drug-likeness (QED) is 0.640. The van der Waals surface area contributed by atoms with E-state index in [0.29, 0.717) is 5.41 Å². The van der Waals surface area contributed by atoms with Crippen molar-refractivity contribution in [2.45, 2.75) is 18.3 Å². The number of ether oxygens (including phenoxy) is 1. The fourth-order valence-electron chi connectivity index (χ4n) is 2.78. The topological polar surface area (TPSA) is 12.5 Å². The minimum absolute atomic E-state index is 0.323. The first-order chi connectivity index (χ1) is 7.30. The third kappa shape index (κ3) is 1.36. The second-order valence-corrected chi connectivity index (χ2v) is 4.87. The van der Waals surface area contributed by atoms with Crippen LogP contribution in [0.2, 0.25) is 0 Å². The lowest BCUT2D eigenvalue weighted by Crippen LogP contribution is -2.41. The average Bonchev–Trinajstić information content (AvgIpc) is 2.63. The Balaban J connectivity index is 1.95. The smallest absolute Gasteiger partial charge is 0.123 e. The standard InChI is InChI=1S/C13H17NO/c1-14-8-6-13(7-9-14)10-15-12-5-3-2-4-11(12)13/h2-5H,6-10H2,1H3. The molecule has 1 spiro atoms. The molecular weight excluding hydrogens is 186 g/mol. The zero-order valence-electron chi connectivity index (χ0n) is 9.20. The van der Waals surface area contributed by atoms with Gasteiger partial charge in [-0.3, -0.25) is 0 Å². The van der Waals surface area contributed by atoms with Gasteiger partial charge < -0.3 is 9.64 Å². The molecule has 0 bridgehead atoms. The minimum Gasteiger partial charge on any atom is -0.492 e. The van der Waals surface area contributed by atoms with Gasteiger partial charge in [0.15, 0.2) is 0 Å². The van der Waals surface area contributed by atoms with Crippen molar-refractivity contribution >= 4 is 0 Å². The minimum atomic E-state index is 0.323. The van der Waals surface area contributed by atoms with E-state index in [0.717, 1.165) is 12.4 Å². The molecule has 0 amide bonds. The molecule has 1 aromatic carbocycles. The Morgan fingerprint density at radius 3 is 2.73 bits per heavy atom. The normalized spacial score (nSPS) is 23.8. The maximum atomic E-state index is 5.81. The van der Waals surface area contributed by atoms with Gasteiger partial charge in [-0.1, -0.05) is 18.2 Å². The molecule has 2 heteroatoms. The van der Waals surface area contributed by atoms with E-state index < -0.39 is 0 Å². The molecule has 2 aliphatic rings. The van der Waals surface area contributed by atoms with E-state index in [4.69, 9.17) is 4.74 Å². The summed E-state index contributed by atoms with van der Waals surface area (Å²) in [6.45, 7) is 3.27. The number of hydrogen-bond acceptors (Lipinski definition) is 2. The first-order valence-corrected chi connectivity index (χ1v) is 5.71. The van der Waals surface area contributed by atoms with E-state index in [9.17, 15) is 0 Å². The predicted octanol–water partition coefficient (Wildman–Crippen LogP) is 2.04. The van der Waals surface area contributed by atoms with Crippen molar-refractivity contribution in [3.63, 3.8) is 0 Å². The molecule has 0 N–H and O–H groups in total. The van der Waals surface area contributed by atoms with Crippen LogP contribution in [0, 0.1) is 0 Å². The van der Waals surface area contributed by atoms with Crippen molar-refractivity contribution in [2.24, 2.45) is 0 Å². The molecule has 0 unspecified atom stereocenters. The summed E-state index contributed by atoms with van der Waals surface area (Å²) in [6.07, 6.45) is 2.47. The summed E-state index contributed by atoms with van der Waals surface area (Å²) in [4.78, 5) is 2.41. The molecule has 15 heavy (non-hydrogen) atoms. The third-order valence-corrected chi connectivity index (χ3v) is 3.91. The van der Waals surface area contributed by atoms with Crippen molar-refractivity contribution < 1.29 is 4.74 Å². The Kier molecular flexibility index (Phi) is 1.99. The summed E-state index contributed by atoms with van der Waals surface area (Å²) in [6, 6.07) is 8.54. The molecule has 1 saturated heterocycles. The van der Waals surface area contributed by atoms with Gasteiger partial charge >= 0.3 is 0 Å². The van der Waals surface area contributed by atoms with Crippen LogP contribution >= 0.6 is 0 Å². The van der Waals surface area contributed by atoms with E-state index in [2.05, 4.69) is 36.2 Å². The molecule has 1 fully saturated rings. The largest absolute Gasteiger partial charge is 0.492 e. The molecule has 0 saturated carbocycles. The van der Waals surface area contributed by atoms with Crippen molar-refractivity contribution in [1.82, 2.24) is 4.90 Å². The molecule has 2 nitrogen and oxygen atoms in total. The summed E-state index contributed by atoms with van der Waals surface area (Å²) >= 11 is 0. The van der Waals surface area contributed by atoms with Crippen LogP contribution < -0.4 is 4.74 Å². The first kappa shape index (κ1) is 9.22. The maximum Gasteiger partial charge on any atom is 0.123 e. The highest BCUT2D eigenvalue weighted by Gasteiger charge is 2.42. The van der Waals surface area contributed by atoms with Crippen LogP contribution in [-0.4, -0.2) is 31.6 Å². The van der Waals surface area contributed by atoms with Crippen molar-refractivity contribution in [3.8, 4) is 5.75 Å². The highest BCUT2D eigenvalue weighted by molar-refractivity contribution is 5.43. The number of piperidine rings is 1. The number of likely N-dealkylation sites (tertiary alicyclic amines) is 1. The molecule has 1 aromatic rings. The predicted molar refractivity (Wildman–Crippen MR) is 60.3 cm³/mol. The Morgan fingerprint density at radius 2 is 1.93 bits per heavy atom. The van der Waals surface area contributed by atoms with Crippen molar-refractivity contribution in [2.75, 3.05) is 26.7 Å². The average molecular weight is 203 g/mol. The third-order valence-electron chi connectivity index (χ3n) is 3.91. The number of para-hydroxylation sites is 1. The van der Waals surface area contributed by atoms with Crippen LogP contribution in [-0.2, 0) is 5.41 Å². The molecular formula is C13H17NO. The van der Waals surface area contributed by atoms with Crippen LogP contribution in [0.25, 0.3) is 0 Å². The summed E-state index contributed by atoms with van der Waals surface area (Å²) in [5.74, 6) is 1.11. The van der Waals surface area contributed by atoms with Gasteiger partial charge in [-0.15, -0.1) is 0 Å². The molecule has 0 atom stereocenters. The molecule has 80 valence electrons. The molecule has 0 aromatic heterocycles. The number of nitrogens with zero attached hydrogens (tertiary/aromatic N) is 1. The number of fused-ring (bicyclic) bond motifs is 2. The highest BCUT2D eigenvalue weighted by Crippen LogP contribution is 2.44. The number of rotatable bonds is 0. The maximum absolute atomic E-state index is 5.81. The van der Waals surface area contributed by atoms with Gasteiger partial charge in [0.1, 0.15) is 5.75 Å². The van der Waals surface area contributed by atoms with Gasteiger partial charge in [-0.05, 0) is 39.0 Å².